The zero-order chi connectivity index (χ0) is 13.1. The number of ether oxygens (including phenoxy) is 1. The van der Waals surface area contributed by atoms with Crippen molar-refractivity contribution >= 4 is 17.6 Å². The molecule has 0 bridgehead atoms. The number of benzene rings is 1. The number of halogens is 1. The zero-order valence-electron chi connectivity index (χ0n) is 9.60. The predicted octanol–water partition coefficient (Wildman–Crippen LogP) is 2.18. The first-order valence-electron chi connectivity index (χ1n) is 5.25. The maximum absolute atomic E-state index is 10.5. The quantitative estimate of drug-likeness (QED) is 0.850. The Morgan fingerprint density at radius 3 is 2.78 bits per heavy atom. The van der Waals surface area contributed by atoms with Gasteiger partial charge in [-0.05, 0) is 42.8 Å². The molecule has 2 aromatic rings. The van der Waals surface area contributed by atoms with Gasteiger partial charge in [0, 0.05) is 5.02 Å². The fourth-order valence-corrected chi connectivity index (χ4v) is 1.72. The molecule has 1 heterocycles. The molecule has 0 aliphatic rings. The van der Waals surface area contributed by atoms with Crippen LogP contribution in [-0.4, -0.2) is 5.97 Å². The van der Waals surface area contributed by atoms with E-state index in [9.17, 15) is 9.90 Å². The molecule has 0 aliphatic carbocycles. The minimum atomic E-state index is -1.34. The topological polar surface area (TPSA) is 62.5 Å². The Hall–Kier alpha value is -1.94. The van der Waals surface area contributed by atoms with Crippen LogP contribution in [0.25, 0.3) is 0 Å². The molecule has 0 N–H and O–H groups in total. The van der Waals surface area contributed by atoms with Crippen LogP contribution in [0.4, 0.5) is 0 Å². The summed E-state index contributed by atoms with van der Waals surface area (Å²) in [5.41, 5.74) is 0.897. The van der Waals surface area contributed by atoms with E-state index in [2.05, 4.69) is 0 Å². The van der Waals surface area contributed by atoms with Gasteiger partial charge < -0.3 is 19.1 Å². The summed E-state index contributed by atoms with van der Waals surface area (Å²) in [6.45, 7) is 2.02. The molecule has 0 atom stereocenters. The van der Waals surface area contributed by atoms with Gasteiger partial charge in [-0.15, -0.1) is 0 Å². The number of rotatable bonds is 4. The smallest absolute Gasteiger partial charge is 0.149 e. The lowest BCUT2D eigenvalue weighted by molar-refractivity contribution is -0.257. The lowest BCUT2D eigenvalue weighted by Crippen LogP contribution is -2.21. The number of carbonyl (C=O) groups is 1. The summed E-state index contributed by atoms with van der Waals surface area (Å²) in [6.07, 6.45) is 0. The molecule has 1 aromatic heterocycles. The fraction of sp³-hybridized carbons (Fsp3) is 0.154. The minimum absolute atomic E-state index is 0.149. The van der Waals surface area contributed by atoms with Gasteiger partial charge in [0.05, 0.1) is 0 Å². The van der Waals surface area contributed by atoms with Crippen LogP contribution in [0.15, 0.2) is 34.7 Å². The number of aromatic carboxylic acids is 1. The third kappa shape index (κ3) is 2.84. The van der Waals surface area contributed by atoms with Crippen LogP contribution >= 0.6 is 11.6 Å². The van der Waals surface area contributed by atoms with E-state index in [1.165, 1.54) is 12.1 Å². The number of carboxylic acids is 1. The molecule has 0 saturated carbocycles. The second-order valence-electron chi connectivity index (χ2n) is 3.75. The van der Waals surface area contributed by atoms with Gasteiger partial charge in [0.15, 0.2) is 0 Å². The molecule has 0 fully saturated rings. The molecule has 5 heteroatoms. The molecule has 0 amide bonds. The Morgan fingerprint density at radius 2 is 2.17 bits per heavy atom. The van der Waals surface area contributed by atoms with Gasteiger partial charge in [-0.25, -0.2) is 0 Å². The van der Waals surface area contributed by atoms with Crippen LogP contribution in [0, 0.1) is 6.92 Å². The van der Waals surface area contributed by atoms with Crippen molar-refractivity contribution in [2.24, 2.45) is 0 Å². The lowest BCUT2D eigenvalue weighted by atomic mass is 10.2. The number of hydrogen-bond acceptors (Lipinski definition) is 4. The molecule has 0 aliphatic heterocycles. The third-order valence-electron chi connectivity index (χ3n) is 2.37. The first kappa shape index (κ1) is 12.5. The minimum Gasteiger partial charge on any atom is -0.542 e. The van der Waals surface area contributed by atoms with E-state index < -0.39 is 5.97 Å². The highest BCUT2D eigenvalue weighted by Crippen LogP contribution is 2.23. The predicted molar refractivity (Wildman–Crippen MR) is 63.6 cm³/mol. The summed E-state index contributed by atoms with van der Waals surface area (Å²) in [7, 11) is 0. The summed E-state index contributed by atoms with van der Waals surface area (Å²) in [4.78, 5) is 10.5. The highest BCUT2D eigenvalue weighted by molar-refractivity contribution is 6.30. The molecule has 94 valence electrons. The molecular weight excluding hydrogens is 256 g/mol. The van der Waals surface area contributed by atoms with Gasteiger partial charge in [-0.3, -0.25) is 0 Å². The van der Waals surface area contributed by atoms with E-state index in [1.54, 1.807) is 18.2 Å². The maximum atomic E-state index is 10.5. The normalized spacial score (nSPS) is 10.3. The Bertz CT molecular complexity index is 574. The standard InChI is InChI=1S/C13H11ClO4/c1-8-6-9(14)2-4-11(8)17-7-10-3-5-12(18-10)13(15)16/h2-6H,7H2,1H3,(H,15,16)/p-1. The van der Waals surface area contributed by atoms with Crippen LogP contribution in [0.5, 0.6) is 5.75 Å². The van der Waals surface area contributed by atoms with Crippen molar-refractivity contribution in [1.29, 1.82) is 0 Å². The molecule has 0 spiro atoms. The molecule has 1 aromatic carbocycles. The monoisotopic (exact) mass is 265 g/mol. The Morgan fingerprint density at radius 1 is 1.39 bits per heavy atom. The van der Waals surface area contributed by atoms with E-state index in [1.807, 2.05) is 6.92 Å². The summed E-state index contributed by atoms with van der Waals surface area (Å²) in [5, 5.41) is 11.2. The molecule has 2 rings (SSSR count). The van der Waals surface area contributed by atoms with Crippen molar-refractivity contribution in [2.75, 3.05) is 0 Å². The maximum Gasteiger partial charge on any atom is 0.149 e. The first-order valence-corrected chi connectivity index (χ1v) is 5.63. The highest BCUT2D eigenvalue weighted by atomic mass is 35.5. The summed E-state index contributed by atoms with van der Waals surface area (Å²) in [5.74, 6) is -0.459. The second kappa shape index (κ2) is 5.14. The van der Waals surface area contributed by atoms with E-state index in [0.717, 1.165) is 5.56 Å². The number of carboxylic acid groups (broad SMARTS) is 1. The Labute approximate surface area is 109 Å². The van der Waals surface area contributed by atoms with Gasteiger partial charge in [0.2, 0.25) is 0 Å². The number of aryl methyl sites for hydroxylation is 1. The average Bonchev–Trinajstić information content (AvgIpc) is 2.76. The fourth-order valence-electron chi connectivity index (χ4n) is 1.49. The van der Waals surface area contributed by atoms with Crippen molar-refractivity contribution in [3.8, 4) is 5.75 Å². The average molecular weight is 266 g/mol. The van der Waals surface area contributed by atoms with E-state index in [-0.39, 0.29) is 12.4 Å². The Kier molecular flexibility index (Phi) is 3.58. The van der Waals surface area contributed by atoms with Crippen molar-refractivity contribution in [3.63, 3.8) is 0 Å². The van der Waals surface area contributed by atoms with Crippen LogP contribution in [0.1, 0.15) is 21.9 Å². The largest absolute Gasteiger partial charge is 0.542 e. The summed E-state index contributed by atoms with van der Waals surface area (Å²) >= 11 is 5.83. The number of carbonyl (C=O) groups excluding carboxylic acids is 1. The van der Waals surface area contributed by atoms with E-state index >= 15 is 0 Å². The molecule has 18 heavy (non-hydrogen) atoms. The molecule has 4 nitrogen and oxygen atoms in total. The van der Waals surface area contributed by atoms with E-state index in [4.69, 9.17) is 20.8 Å². The lowest BCUT2D eigenvalue weighted by Gasteiger charge is -2.07. The zero-order valence-corrected chi connectivity index (χ0v) is 10.4. The molecular formula is C13H10ClO4-. The number of furan rings is 1. The van der Waals surface area contributed by atoms with Gasteiger partial charge in [-0.2, -0.15) is 0 Å². The van der Waals surface area contributed by atoms with E-state index in [0.29, 0.717) is 16.5 Å². The van der Waals surface area contributed by atoms with Crippen molar-refractivity contribution < 1.29 is 19.1 Å². The van der Waals surface area contributed by atoms with Gasteiger partial charge >= 0.3 is 0 Å². The molecule has 0 unspecified atom stereocenters. The van der Waals surface area contributed by atoms with Crippen molar-refractivity contribution in [1.82, 2.24) is 0 Å². The van der Waals surface area contributed by atoms with Crippen molar-refractivity contribution in [2.45, 2.75) is 13.5 Å². The second-order valence-corrected chi connectivity index (χ2v) is 4.19. The Balaban J connectivity index is 2.04. The van der Waals surface area contributed by atoms with Gasteiger partial charge in [0.25, 0.3) is 0 Å². The molecule has 0 saturated heterocycles. The van der Waals surface area contributed by atoms with Crippen LogP contribution in [0.2, 0.25) is 5.02 Å². The number of hydrogen-bond donors (Lipinski definition) is 0. The van der Waals surface area contributed by atoms with Gasteiger partial charge in [0.1, 0.15) is 29.8 Å². The summed E-state index contributed by atoms with van der Waals surface area (Å²) < 4.78 is 10.5. The summed E-state index contributed by atoms with van der Waals surface area (Å²) in [6, 6.07) is 8.13. The SMILES string of the molecule is Cc1cc(Cl)ccc1OCc1ccc(C(=O)[O-])o1. The van der Waals surface area contributed by atoms with Crippen LogP contribution < -0.4 is 9.84 Å². The van der Waals surface area contributed by atoms with Crippen LogP contribution in [-0.2, 0) is 6.61 Å². The van der Waals surface area contributed by atoms with Crippen LogP contribution in [0.3, 0.4) is 0 Å². The van der Waals surface area contributed by atoms with Crippen molar-refractivity contribution in [3.05, 3.63) is 52.4 Å². The third-order valence-corrected chi connectivity index (χ3v) is 2.60. The first-order chi connectivity index (χ1) is 8.56. The highest BCUT2D eigenvalue weighted by Gasteiger charge is 2.05. The van der Waals surface area contributed by atoms with Gasteiger partial charge in [-0.1, -0.05) is 11.6 Å². The molecule has 0 radical (unpaired) electrons.